The van der Waals surface area contributed by atoms with Crippen molar-refractivity contribution in [2.45, 2.75) is 44.8 Å². The van der Waals surface area contributed by atoms with Gasteiger partial charge in [-0.05, 0) is 20.8 Å². The summed E-state index contributed by atoms with van der Waals surface area (Å²) in [6, 6.07) is 0. The number of hydrogen-bond donors (Lipinski definition) is 1. The van der Waals surface area contributed by atoms with Gasteiger partial charge in [-0.1, -0.05) is 0 Å². The van der Waals surface area contributed by atoms with Crippen LogP contribution in [0.1, 0.15) is 27.2 Å². The standard InChI is InChI=1S/C10H17F2NO3/c1-9(2,3)16-8(15)13-5-7(14)4-10(11,12)6-13/h7,14H,4-6H2,1-3H3/t7-/m1/s1. The molecule has 6 heteroatoms. The number of alkyl halides is 2. The van der Waals surface area contributed by atoms with E-state index in [1.165, 1.54) is 0 Å². The number of carbonyl (C=O) groups excluding carboxylic acids is 1. The summed E-state index contributed by atoms with van der Waals surface area (Å²) in [5, 5.41) is 9.23. The summed E-state index contributed by atoms with van der Waals surface area (Å²) in [5.74, 6) is -3.05. The van der Waals surface area contributed by atoms with Crippen molar-refractivity contribution >= 4 is 6.09 Å². The Hall–Kier alpha value is -0.910. The van der Waals surface area contributed by atoms with E-state index in [0.717, 1.165) is 4.90 Å². The van der Waals surface area contributed by atoms with Crippen molar-refractivity contribution in [3.05, 3.63) is 0 Å². The van der Waals surface area contributed by atoms with Gasteiger partial charge in [0.1, 0.15) is 5.60 Å². The lowest BCUT2D eigenvalue weighted by Crippen LogP contribution is -2.52. The van der Waals surface area contributed by atoms with Crippen molar-refractivity contribution in [2.24, 2.45) is 0 Å². The van der Waals surface area contributed by atoms with Gasteiger partial charge >= 0.3 is 6.09 Å². The lowest BCUT2D eigenvalue weighted by atomic mass is 10.1. The molecule has 1 aliphatic heterocycles. The fourth-order valence-electron chi connectivity index (χ4n) is 1.54. The molecular formula is C10H17F2NO3. The number of hydrogen-bond acceptors (Lipinski definition) is 3. The molecule has 0 aromatic heterocycles. The Morgan fingerprint density at radius 1 is 1.50 bits per heavy atom. The summed E-state index contributed by atoms with van der Waals surface area (Å²) >= 11 is 0. The number of piperidine rings is 1. The first-order chi connectivity index (χ1) is 7.09. The summed E-state index contributed by atoms with van der Waals surface area (Å²) in [6.45, 7) is 4.17. The van der Waals surface area contributed by atoms with Gasteiger partial charge in [0.05, 0.1) is 19.2 Å². The lowest BCUT2D eigenvalue weighted by molar-refractivity contribution is -0.106. The largest absolute Gasteiger partial charge is 0.444 e. The number of β-amino-alcohol motifs (C(OH)–C–C–N with tert-alkyl or cyclic N) is 1. The summed E-state index contributed by atoms with van der Waals surface area (Å²) in [6.07, 6.45) is -2.62. The molecule has 0 aliphatic carbocycles. The molecule has 1 saturated heterocycles. The average Bonchev–Trinajstić information content (AvgIpc) is 1.96. The molecular weight excluding hydrogens is 220 g/mol. The predicted octanol–water partition coefficient (Wildman–Crippen LogP) is 1.62. The molecule has 0 unspecified atom stereocenters. The number of carbonyl (C=O) groups is 1. The Morgan fingerprint density at radius 3 is 2.50 bits per heavy atom. The molecule has 0 spiro atoms. The summed E-state index contributed by atoms with van der Waals surface area (Å²) in [4.78, 5) is 12.4. The fraction of sp³-hybridized carbons (Fsp3) is 0.900. The van der Waals surface area contributed by atoms with E-state index in [-0.39, 0.29) is 6.54 Å². The van der Waals surface area contributed by atoms with Crippen LogP contribution in [0.2, 0.25) is 0 Å². The molecule has 1 N–H and O–H groups in total. The zero-order chi connectivity index (χ0) is 12.6. The third-order valence-electron chi connectivity index (χ3n) is 2.04. The monoisotopic (exact) mass is 237 g/mol. The first kappa shape index (κ1) is 13.2. The molecule has 0 aromatic carbocycles. The molecule has 0 bridgehead atoms. The highest BCUT2D eigenvalue weighted by Gasteiger charge is 2.42. The number of rotatable bonds is 0. The highest BCUT2D eigenvalue weighted by atomic mass is 19.3. The van der Waals surface area contributed by atoms with Crippen molar-refractivity contribution in [1.29, 1.82) is 0 Å². The molecule has 0 radical (unpaired) electrons. The zero-order valence-corrected chi connectivity index (χ0v) is 9.67. The third kappa shape index (κ3) is 3.92. The van der Waals surface area contributed by atoms with Gasteiger partial charge in [0.25, 0.3) is 5.92 Å². The van der Waals surface area contributed by atoms with Gasteiger partial charge in [0, 0.05) is 6.42 Å². The van der Waals surface area contributed by atoms with Gasteiger partial charge in [-0.15, -0.1) is 0 Å². The van der Waals surface area contributed by atoms with E-state index in [4.69, 9.17) is 4.74 Å². The first-order valence-electron chi connectivity index (χ1n) is 5.13. The van der Waals surface area contributed by atoms with Crippen LogP contribution in [0.5, 0.6) is 0 Å². The second-order valence-corrected chi connectivity index (χ2v) is 5.07. The van der Waals surface area contributed by atoms with Gasteiger partial charge in [0.15, 0.2) is 0 Å². The second-order valence-electron chi connectivity index (χ2n) is 5.07. The number of amides is 1. The van der Waals surface area contributed by atoms with E-state index in [0.29, 0.717) is 0 Å². The van der Waals surface area contributed by atoms with Crippen LogP contribution in [0.3, 0.4) is 0 Å². The minimum Gasteiger partial charge on any atom is -0.444 e. The van der Waals surface area contributed by atoms with Crippen LogP contribution in [0.15, 0.2) is 0 Å². The molecule has 1 atom stereocenters. The fourth-order valence-corrected chi connectivity index (χ4v) is 1.54. The average molecular weight is 237 g/mol. The molecule has 94 valence electrons. The third-order valence-corrected chi connectivity index (χ3v) is 2.04. The van der Waals surface area contributed by atoms with Gasteiger partial charge < -0.3 is 9.84 Å². The van der Waals surface area contributed by atoms with E-state index in [1.54, 1.807) is 20.8 Å². The summed E-state index contributed by atoms with van der Waals surface area (Å²) in [5.41, 5.74) is -0.727. The van der Waals surface area contributed by atoms with Crippen LogP contribution >= 0.6 is 0 Å². The molecule has 16 heavy (non-hydrogen) atoms. The molecule has 1 aliphatic rings. The van der Waals surface area contributed by atoms with Gasteiger partial charge in [-0.25, -0.2) is 13.6 Å². The van der Waals surface area contributed by atoms with Gasteiger partial charge in [-0.2, -0.15) is 0 Å². The Kier molecular flexibility index (Phi) is 3.42. The molecule has 1 rings (SSSR count). The zero-order valence-electron chi connectivity index (χ0n) is 9.67. The van der Waals surface area contributed by atoms with Crippen LogP contribution in [0, 0.1) is 0 Å². The van der Waals surface area contributed by atoms with Crippen LogP contribution in [0.25, 0.3) is 0 Å². The maximum Gasteiger partial charge on any atom is 0.410 e. The number of aliphatic hydroxyl groups is 1. The molecule has 1 heterocycles. The molecule has 1 amide bonds. The Balaban J connectivity index is 2.63. The minimum atomic E-state index is -3.05. The first-order valence-corrected chi connectivity index (χ1v) is 5.13. The lowest BCUT2D eigenvalue weighted by Gasteiger charge is -2.36. The number of likely N-dealkylation sites (tertiary alicyclic amines) is 1. The van der Waals surface area contributed by atoms with Crippen LogP contribution in [-0.2, 0) is 4.74 Å². The smallest absolute Gasteiger partial charge is 0.410 e. The van der Waals surface area contributed by atoms with E-state index in [2.05, 4.69) is 0 Å². The normalized spacial score (nSPS) is 25.4. The van der Waals surface area contributed by atoms with Crippen molar-refractivity contribution in [1.82, 2.24) is 4.90 Å². The molecule has 4 nitrogen and oxygen atoms in total. The predicted molar refractivity (Wildman–Crippen MR) is 53.4 cm³/mol. The van der Waals surface area contributed by atoms with E-state index < -0.39 is 36.7 Å². The number of aliphatic hydroxyl groups excluding tert-OH is 1. The van der Waals surface area contributed by atoms with Crippen molar-refractivity contribution < 1.29 is 23.4 Å². The molecule has 0 saturated carbocycles. The van der Waals surface area contributed by atoms with Crippen molar-refractivity contribution in [3.8, 4) is 0 Å². The van der Waals surface area contributed by atoms with Crippen molar-refractivity contribution in [2.75, 3.05) is 13.1 Å². The van der Waals surface area contributed by atoms with E-state index in [9.17, 15) is 18.7 Å². The van der Waals surface area contributed by atoms with Crippen molar-refractivity contribution in [3.63, 3.8) is 0 Å². The van der Waals surface area contributed by atoms with Crippen LogP contribution in [-0.4, -0.2) is 46.8 Å². The second kappa shape index (κ2) is 4.16. The van der Waals surface area contributed by atoms with Gasteiger partial charge in [0.2, 0.25) is 0 Å². The Morgan fingerprint density at radius 2 is 2.06 bits per heavy atom. The Bertz CT molecular complexity index is 276. The highest BCUT2D eigenvalue weighted by molar-refractivity contribution is 5.68. The Labute approximate surface area is 93.2 Å². The number of halogens is 2. The maximum atomic E-state index is 13.1. The topological polar surface area (TPSA) is 49.8 Å². The number of nitrogens with zero attached hydrogens (tertiary/aromatic N) is 1. The molecule has 0 aromatic rings. The molecule has 1 fully saturated rings. The maximum absolute atomic E-state index is 13.1. The van der Waals surface area contributed by atoms with Gasteiger partial charge in [-0.3, -0.25) is 4.90 Å². The summed E-state index contributed by atoms with van der Waals surface area (Å²) < 4.78 is 31.1. The summed E-state index contributed by atoms with van der Waals surface area (Å²) in [7, 11) is 0. The SMILES string of the molecule is CC(C)(C)OC(=O)N1C[C@H](O)CC(F)(F)C1. The number of ether oxygens (including phenoxy) is 1. The van der Waals surface area contributed by atoms with E-state index >= 15 is 0 Å². The van der Waals surface area contributed by atoms with Crippen LogP contribution < -0.4 is 0 Å². The minimum absolute atomic E-state index is 0.107. The highest BCUT2D eigenvalue weighted by Crippen LogP contribution is 2.27. The van der Waals surface area contributed by atoms with E-state index in [1.807, 2.05) is 0 Å². The van der Waals surface area contributed by atoms with Crippen LogP contribution in [0.4, 0.5) is 13.6 Å². The quantitative estimate of drug-likeness (QED) is 0.696.